The summed E-state index contributed by atoms with van der Waals surface area (Å²) in [4.78, 5) is 11.0. The molecular weight excluding hydrogens is 170 g/mol. The molecule has 4 nitrogen and oxygen atoms in total. The van der Waals surface area contributed by atoms with E-state index in [2.05, 4.69) is 4.74 Å². The Morgan fingerprint density at radius 3 is 2.77 bits per heavy atom. The Hall–Kier alpha value is -0.610. The van der Waals surface area contributed by atoms with E-state index in [1.165, 1.54) is 12.8 Å². The molecule has 0 bridgehead atoms. The van der Waals surface area contributed by atoms with E-state index >= 15 is 0 Å². The van der Waals surface area contributed by atoms with E-state index in [0.717, 1.165) is 6.42 Å². The van der Waals surface area contributed by atoms with E-state index < -0.39 is 18.1 Å². The fraction of sp³-hybridized carbons (Fsp3) is 0.889. The summed E-state index contributed by atoms with van der Waals surface area (Å²) in [5.74, 6) is 0.00901. The number of aliphatic hydroxyl groups excluding tert-OH is 1. The zero-order valence-corrected chi connectivity index (χ0v) is 7.90. The van der Waals surface area contributed by atoms with Gasteiger partial charge in [-0.2, -0.15) is 0 Å². The van der Waals surface area contributed by atoms with Gasteiger partial charge >= 0.3 is 5.97 Å². The third-order valence-electron chi connectivity index (χ3n) is 2.24. The van der Waals surface area contributed by atoms with Crippen LogP contribution in [0.1, 0.15) is 26.2 Å². The van der Waals surface area contributed by atoms with E-state index in [9.17, 15) is 9.90 Å². The average molecular weight is 187 g/mol. The Balaban J connectivity index is 2.26. The number of rotatable bonds is 5. The SMILES string of the molecule is CCOC(=O)C(O)C(N)CC1CC1. The molecule has 0 amide bonds. The number of carbonyl (C=O) groups is 1. The molecule has 0 spiro atoms. The minimum Gasteiger partial charge on any atom is -0.464 e. The summed E-state index contributed by atoms with van der Waals surface area (Å²) in [5.41, 5.74) is 5.64. The summed E-state index contributed by atoms with van der Waals surface area (Å²) < 4.78 is 4.66. The molecular formula is C9H17NO3. The van der Waals surface area contributed by atoms with Crippen LogP contribution in [-0.2, 0) is 9.53 Å². The van der Waals surface area contributed by atoms with Crippen molar-refractivity contribution < 1.29 is 14.6 Å². The molecule has 0 aromatic rings. The van der Waals surface area contributed by atoms with Crippen molar-refractivity contribution in [2.24, 2.45) is 11.7 Å². The smallest absolute Gasteiger partial charge is 0.336 e. The maximum Gasteiger partial charge on any atom is 0.336 e. The minimum atomic E-state index is -1.15. The van der Waals surface area contributed by atoms with Crippen molar-refractivity contribution in [3.8, 4) is 0 Å². The molecule has 76 valence electrons. The maximum absolute atomic E-state index is 11.0. The van der Waals surface area contributed by atoms with Crippen molar-refractivity contribution in [3.05, 3.63) is 0 Å². The highest BCUT2D eigenvalue weighted by Crippen LogP contribution is 2.33. The molecule has 0 saturated heterocycles. The standard InChI is InChI=1S/C9H17NO3/c1-2-13-9(12)8(11)7(10)5-6-3-4-6/h6-8,11H,2-5,10H2,1H3. The van der Waals surface area contributed by atoms with E-state index in [0.29, 0.717) is 5.92 Å². The van der Waals surface area contributed by atoms with Crippen LogP contribution in [0.25, 0.3) is 0 Å². The molecule has 2 atom stereocenters. The molecule has 0 aromatic heterocycles. The number of nitrogens with two attached hydrogens (primary N) is 1. The lowest BCUT2D eigenvalue weighted by Crippen LogP contribution is -2.41. The molecule has 3 N–H and O–H groups in total. The summed E-state index contributed by atoms with van der Waals surface area (Å²) in [6, 6.07) is -0.466. The second-order valence-electron chi connectivity index (χ2n) is 3.54. The topological polar surface area (TPSA) is 72.5 Å². The molecule has 1 aliphatic rings. The van der Waals surface area contributed by atoms with Gasteiger partial charge in [0.05, 0.1) is 6.61 Å². The Morgan fingerprint density at radius 2 is 2.31 bits per heavy atom. The van der Waals surface area contributed by atoms with E-state index in [-0.39, 0.29) is 6.61 Å². The number of ether oxygens (including phenoxy) is 1. The molecule has 0 aliphatic heterocycles. The average Bonchev–Trinajstić information content (AvgIpc) is 2.87. The molecule has 13 heavy (non-hydrogen) atoms. The van der Waals surface area contributed by atoms with Gasteiger partial charge in [0.25, 0.3) is 0 Å². The Bertz CT molecular complexity index is 180. The summed E-state index contributed by atoms with van der Waals surface area (Å²) in [5, 5.41) is 9.39. The quantitative estimate of drug-likeness (QED) is 0.596. The summed E-state index contributed by atoms with van der Waals surface area (Å²) in [6.45, 7) is 1.99. The van der Waals surface area contributed by atoms with E-state index in [4.69, 9.17) is 5.73 Å². The monoisotopic (exact) mass is 187 g/mol. The lowest BCUT2D eigenvalue weighted by atomic mass is 10.1. The first-order chi connectivity index (χ1) is 6.15. The molecule has 0 heterocycles. The number of carbonyl (C=O) groups excluding carboxylic acids is 1. The van der Waals surface area contributed by atoms with Gasteiger partial charge in [0.2, 0.25) is 0 Å². The Labute approximate surface area is 78.1 Å². The maximum atomic E-state index is 11.0. The van der Waals surface area contributed by atoms with Crippen LogP contribution in [0, 0.1) is 5.92 Å². The highest BCUT2D eigenvalue weighted by molar-refractivity contribution is 5.75. The highest BCUT2D eigenvalue weighted by atomic mass is 16.5. The molecule has 1 saturated carbocycles. The van der Waals surface area contributed by atoms with Crippen LogP contribution in [0.3, 0.4) is 0 Å². The van der Waals surface area contributed by atoms with Crippen molar-refractivity contribution in [2.45, 2.75) is 38.3 Å². The van der Waals surface area contributed by atoms with Gasteiger partial charge in [0.15, 0.2) is 6.10 Å². The number of esters is 1. The zero-order valence-electron chi connectivity index (χ0n) is 7.90. The van der Waals surface area contributed by atoms with Gasteiger partial charge in [-0.15, -0.1) is 0 Å². The second-order valence-corrected chi connectivity index (χ2v) is 3.54. The third kappa shape index (κ3) is 3.32. The van der Waals surface area contributed by atoms with E-state index in [1.54, 1.807) is 6.92 Å². The summed E-state index contributed by atoms with van der Waals surface area (Å²) in [7, 11) is 0. The summed E-state index contributed by atoms with van der Waals surface area (Å²) >= 11 is 0. The second kappa shape index (κ2) is 4.58. The first-order valence-electron chi connectivity index (χ1n) is 4.75. The largest absolute Gasteiger partial charge is 0.464 e. The Kier molecular flexibility index (Phi) is 3.69. The predicted molar refractivity (Wildman–Crippen MR) is 48.0 cm³/mol. The van der Waals surface area contributed by atoms with E-state index in [1.807, 2.05) is 0 Å². The number of hydrogen-bond acceptors (Lipinski definition) is 4. The molecule has 4 heteroatoms. The van der Waals surface area contributed by atoms with Crippen molar-refractivity contribution in [2.75, 3.05) is 6.61 Å². The lowest BCUT2D eigenvalue weighted by molar-refractivity contribution is -0.154. The number of hydrogen-bond donors (Lipinski definition) is 2. The van der Waals surface area contributed by atoms with Crippen LogP contribution in [0.4, 0.5) is 0 Å². The van der Waals surface area contributed by atoms with Gasteiger partial charge in [-0.3, -0.25) is 0 Å². The fourth-order valence-corrected chi connectivity index (χ4v) is 1.27. The molecule has 1 rings (SSSR count). The highest BCUT2D eigenvalue weighted by Gasteiger charge is 2.30. The molecule has 2 unspecified atom stereocenters. The van der Waals surface area contributed by atoms with Crippen molar-refractivity contribution in [1.82, 2.24) is 0 Å². The fourth-order valence-electron chi connectivity index (χ4n) is 1.27. The first kappa shape index (κ1) is 10.5. The molecule has 0 radical (unpaired) electrons. The molecule has 1 aliphatic carbocycles. The molecule has 0 aromatic carbocycles. The van der Waals surface area contributed by atoms with Crippen molar-refractivity contribution in [1.29, 1.82) is 0 Å². The van der Waals surface area contributed by atoms with Crippen LogP contribution < -0.4 is 5.73 Å². The van der Waals surface area contributed by atoms with Crippen LogP contribution in [-0.4, -0.2) is 29.8 Å². The van der Waals surface area contributed by atoms with Crippen LogP contribution in [0.5, 0.6) is 0 Å². The van der Waals surface area contributed by atoms with Gasteiger partial charge in [-0.1, -0.05) is 12.8 Å². The third-order valence-corrected chi connectivity index (χ3v) is 2.24. The zero-order chi connectivity index (χ0) is 9.84. The van der Waals surface area contributed by atoms with Crippen molar-refractivity contribution in [3.63, 3.8) is 0 Å². The van der Waals surface area contributed by atoms with Gasteiger partial charge < -0.3 is 15.6 Å². The first-order valence-corrected chi connectivity index (χ1v) is 4.75. The lowest BCUT2D eigenvalue weighted by Gasteiger charge is -2.16. The molecule has 1 fully saturated rings. The normalized spacial score (nSPS) is 20.8. The van der Waals surface area contributed by atoms with Gasteiger partial charge in [-0.25, -0.2) is 4.79 Å². The van der Waals surface area contributed by atoms with Gasteiger partial charge in [0.1, 0.15) is 0 Å². The van der Waals surface area contributed by atoms with Crippen LogP contribution in [0.15, 0.2) is 0 Å². The van der Waals surface area contributed by atoms with Crippen molar-refractivity contribution >= 4 is 5.97 Å². The van der Waals surface area contributed by atoms with Gasteiger partial charge in [-0.05, 0) is 19.3 Å². The predicted octanol–water partition coefficient (Wildman–Crippen LogP) is 0.0378. The number of aliphatic hydroxyl groups is 1. The Morgan fingerprint density at radius 1 is 1.69 bits per heavy atom. The van der Waals surface area contributed by atoms with Gasteiger partial charge in [0, 0.05) is 6.04 Å². The van der Waals surface area contributed by atoms with Crippen LogP contribution in [0.2, 0.25) is 0 Å². The van der Waals surface area contributed by atoms with Crippen LogP contribution >= 0.6 is 0 Å². The summed E-state index contributed by atoms with van der Waals surface area (Å²) in [6.07, 6.45) is 1.91. The minimum absolute atomic E-state index is 0.284.